The first-order valence-corrected chi connectivity index (χ1v) is 12.2. The lowest BCUT2D eigenvalue weighted by atomic mass is 10.0. The fourth-order valence-electron chi connectivity index (χ4n) is 4.06. The highest BCUT2D eigenvalue weighted by Gasteiger charge is 2.32. The van der Waals surface area contributed by atoms with E-state index in [1.54, 1.807) is 28.0 Å². The van der Waals surface area contributed by atoms with Crippen LogP contribution in [0, 0.1) is 12.8 Å². The lowest BCUT2D eigenvalue weighted by molar-refractivity contribution is -0.142. The first-order chi connectivity index (χ1) is 17.4. The molecule has 0 fully saturated rings. The van der Waals surface area contributed by atoms with Crippen LogP contribution < -0.4 is 5.32 Å². The second-order valence-corrected chi connectivity index (χ2v) is 9.41. The van der Waals surface area contributed by atoms with Crippen molar-refractivity contribution < 1.29 is 9.59 Å². The SMILES string of the molecule is Cc1ccc(CN(C(=O)Cn2nnc3ccccc32)[C@H](C(=O)NCCC(C)C)c2cccnc2)cc1. The minimum atomic E-state index is -0.838. The molecule has 0 saturated heterocycles. The number of carbonyl (C=O) groups is 2. The number of fused-ring (bicyclic) bond motifs is 1. The lowest BCUT2D eigenvalue weighted by Gasteiger charge is -2.31. The highest BCUT2D eigenvalue weighted by atomic mass is 16.2. The molecule has 4 rings (SSSR count). The lowest BCUT2D eigenvalue weighted by Crippen LogP contribution is -2.45. The third-order valence-electron chi connectivity index (χ3n) is 6.08. The molecule has 8 nitrogen and oxygen atoms in total. The summed E-state index contributed by atoms with van der Waals surface area (Å²) in [5.41, 5.74) is 4.19. The number of rotatable bonds is 10. The maximum absolute atomic E-state index is 13.9. The maximum Gasteiger partial charge on any atom is 0.247 e. The number of hydrogen-bond donors (Lipinski definition) is 1. The van der Waals surface area contributed by atoms with Crippen molar-refractivity contribution in [2.75, 3.05) is 6.54 Å². The molecule has 186 valence electrons. The predicted octanol–water partition coefficient (Wildman–Crippen LogP) is 4.07. The van der Waals surface area contributed by atoms with Crippen LogP contribution in [0.5, 0.6) is 0 Å². The Kier molecular flexibility index (Phi) is 8.05. The summed E-state index contributed by atoms with van der Waals surface area (Å²) in [6, 6.07) is 18.3. The largest absolute Gasteiger partial charge is 0.354 e. The fourth-order valence-corrected chi connectivity index (χ4v) is 4.06. The van der Waals surface area contributed by atoms with Crippen molar-refractivity contribution in [2.24, 2.45) is 5.92 Å². The molecule has 0 aliphatic rings. The normalized spacial score (nSPS) is 12.0. The monoisotopic (exact) mass is 484 g/mol. The number of nitrogens with zero attached hydrogens (tertiary/aromatic N) is 5. The van der Waals surface area contributed by atoms with Gasteiger partial charge >= 0.3 is 0 Å². The number of nitrogens with one attached hydrogen (secondary N) is 1. The number of aryl methyl sites for hydroxylation is 1. The Labute approximate surface area is 211 Å². The van der Waals surface area contributed by atoms with Gasteiger partial charge in [-0.3, -0.25) is 14.6 Å². The second kappa shape index (κ2) is 11.6. The minimum Gasteiger partial charge on any atom is -0.354 e. The third kappa shape index (κ3) is 6.13. The number of amides is 2. The molecule has 2 amide bonds. The van der Waals surface area contributed by atoms with Gasteiger partial charge in [-0.05, 0) is 43.0 Å². The van der Waals surface area contributed by atoms with Gasteiger partial charge in [-0.15, -0.1) is 5.10 Å². The molecule has 0 spiro atoms. The van der Waals surface area contributed by atoms with Gasteiger partial charge in [-0.25, -0.2) is 4.68 Å². The highest BCUT2D eigenvalue weighted by Crippen LogP contribution is 2.24. The van der Waals surface area contributed by atoms with Gasteiger partial charge < -0.3 is 10.2 Å². The summed E-state index contributed by atoms with van der Waals surface area (Å²) in [6.07, 6.45) is 4.15. The molecule has 0 aliphatic heterocycles. The summed E-state index contributed by atoms with van der Waals surface area (Å²) < 4.78 is 1.58. The van der Waals surface area contributed by atoms with Crippen LogP contribution in [0.3, 0.4) is 0 Å². The van der Waals surface area contributed by atoms with Crippen LogP contribution in [0.4, 0.5) is 0 Å². The van der Waals surface area contributed by atoms with E-state index in [0.29, 0.717) is 23.5 Å². The van der Waals surface area contributed by atoms with Crippen molar-refractivity contribution in [3.8, 4) is 0 Å². The molecule has 0 aliphatic carbocycles. The molecular weight excluding hydrogens is 452 g/mol. The second-order valence-electron chi connectivity index (χ2n) is 9.41. The van der Waals surface area contributed by atoms with Crippen LogP contribution >= 0.6 is 0 Å². The van der Waals surface area contributed by atoms with Gasteiger partial charge in [-0.1, -0.05) is 67.1 Å². The van der Waals surface area contributed by atoms with E-state index in [-0.39, 0.29) is 24.9 Å². The number of aromatic nitrogens is 4. The van der Waals surface area contributed by atoms with Crippen LogP contribution in [0.2, 0.25) is 0 Å². The van der Waals surface area contributed by atoms with E-state index in [2.05, 4.69) is 34.5 Å². The van der Waals surface area contributed by atoms with E-state index < -0.39 is 6.04 Å². The number of benzene rings is 2. The van der Waals surface area contributed by atoms with E-state index in [4.69, 9.17) is 0 Å². The summed E-state index contributed by atoms with van der Waals surface area (Å²) in [4.78, 5) is 33.3. The Morgan fingerprint density at radius 3 is 2.53 bits per heavy atom. The smallest absolute Gasteiger partial charge is 0.247 e. The molecule has 8 heteroatoms. The molecule has 2 aromatic heterocycles. The van der Waals surface area contributed by atoms with Crippen LogP contribution in [-0.4, -0.2) is 43.2 Å². The Hall–Kier alpha value is -4.07. The van der Waals surface area contributed by atoms with Gasteiger partial charge in [-0.2, -0.15) is 0 Å². The van der Waals surface area contributed by atoms with Crippen molar-refractivity contribution in [2.45, 2.75) is 46.3 Å². The van der Waals surface area contributed by atoms with Crippen molar-refractivity contribution in [3.63, 3.8) is 0 Å². The fraction of sp³-hybridized carbons (Fsp3) is 0.321. The van der Waals surface area contributed by atoms with Crippen molar-refractivity contribution >= 4 is 22.8 Å². The zero-order valence-electron chi connectivity index (χ0n) is 21.0. The average Bonchev–Trinajstić information content (AvgIpc) is 3.28. The van der Waals surface area contributed by atoms with Crippen molar-refractivity contribution in [3.05, 3.63) is 89.7 Å². The molecule has 1 N–H and O–H groups in total. The van der Waals surface area contributed by atoms with E-state index in [0.717, 1.165) is 23.1 Å². The van der Waals surface area contributed by atoms with Crippen molar-refractivity contribution in [1.29, 1.82) is 0 Å². The quantitative estimate of drug-likeness (QED) is 0.366. The van der Waals surface area contributed by atoms with E-state index in [1.165, 1.54) is 0 Å². The zero-order chi connectivity index (χ0) is 25.5. The molecular formula is C28H32N6O2. The van der Waals surface area contributed by atoms with Gasteiger partial charge in [0.2, 0.25) is 11.8 Å². The first kappa shape index (κ1) is 25.0. The first-order valence-electron chi connectivity index (χ1n) is 12.2. The maximum atomic E-state index is 13.9. The Morgan fingerprint density at radius 2 is 1.81 bits per heavy atom. The van der Waals surface area contributed by atoms with Crippen LogP contribution in [0.25, 0.3) is 11.0 Å². The number of pyridine rings is 1. The molecule has 0 bridgehead atoms. The molecule has 2 heterocycles. The Balaban J connectivity index is 1.69. The molecule has 0 unspecified atom stereocenters. The Morgan fingerprint density at radius 1 is 1.03 bits per heavy atom. The third-order valence-corrected chi connectivity index (χ3v) is 6.08. The molecule has 1 atom stereocenters. The van der Waals surface area contributed by atoms with Crippen LogP contribution in [0.15, 0.2) is 73.1 Å². The number of para-hydroxylation sites is 1. The summed E-state index contributed by atoms with van der Waals surface area (Å²) in [6.45, 7) is 7.00. The summed E-state index contributed by atoms with van der Waals surface area (Å²) in [7, 11) is 0. The molecule has 0 radical (unpaired) electrons. The average molecular weight is 485 g/mol. The summed E-state index contributed by atoms with van der Waals surface area (Å²) >= 11 is 0. The summed E-state index contributed by atoms with van der Waals surface area (Å²) in [5.74, 6) is -0.0142. The van der Waals surface area contributed by atoms with Crippen molar-refractivity contribution in [1.82, 2.24) is 30.2 Å². The molecule has 2 aromatic carbocycles. The van der Waals surface area contributed by atoms with Gasteiger partial charge in [0.15, 0.2) is 0 Å². The molecule has 0 saturated carbocycles. The van der Waals surface area contributed by atoms with Gasteiger partial charge in [0.25, 0.3) is 0 Å². The van der Waals surface area contributed by atoms with Gasteiger partial charge in [0.1, 0.15) is 18.1 Å². The van der Waals surface area contributed by atoms with E-state index in [9.17, 15) is 9.59 Å². The van der Waals surface area contributed by atoms with Crippen LogP contribution in [-0.2, 0) is 22.7 Å². The topological polar surface area (TPSA) is 93.0 Å². The van der Waals surface area contributed by atoms with Gasteiger partial charge in [0, 0.05) is 31.0 Å². The standard InChI is InChI=1S/C28H32N6O2/c1-20(2)14-16-30-28(36)27(23-7-6-15-29-17-23)33(18-22-12-10-21(3)11-13-22)26(35)19-34-25-9-5-4-8-24(25)31-32-34/h4-13,15,17,20,27H,14,16,18-19H2,1-3H3,(H,30,36)/t27-/m0/s1. The Bertz CT molecular complexity index is 1300. The van der Waals surface area contributed by atoms with Crippen LogP contribution in [0.1, 0.15) is 43.0 Å². The number of carbonyl (C=O) groups excluding carboxylic acids is 2. The highest BCUT2D eigenvalue weighted by molar-refractivity contribution is 5.89. The van der Waals surface area contributed by atoms with Gasteiger partial charge in [0.05, 0.1) is 5.52 Å². The summed E-state index contributed by atoms with van der Waals surface area (Å²) in [5, 5.41) is 11.4. The molecule has 36 heavy (non-hydrogen) atoms. The minimum absolute atomic E-state index is 0.0393. The van der Waals surface area contributed by atoms with E-state index in [1.807, 2.05) is 61.5 Å². The van der Waals surface area contributed by atoms with E-state index >= 15 is 0 Å². The zero-order valence-corrected chi connectivity index (χ0v) is 21.0. The molecule has 4 aromatic rings. The predicted molar refractivity (Wildman–Crippen MR) is 139 cm³/mol. The number of hydrogen-bond acceptors (Lipinski definition) is 5.